The molecule has 0 saturated carbocycles. The van der Waals surface area contributed by atoms with Gasteiger partial charge in [0.25, 0.3) is 0 Å². The van der Waals surface area contributed by atoms with Crippen molar-refractivity contribution in [3.05, 3.63) is 111 Å². The van der Waals surface area contributed by atoms with Crippen LogP contribution in [-0.4, -0.2) is 17.5 Å². The second kappa shape index (κ2) is 7.76. The fraction of sp³-hybridized carbons (Fsp3) is 0.120. The molecule has 3 aromatic carbocycles. The number of methoxy groups -OCH3 is 1. The number of benzene rings is 3. The minimum Gasteiger partial charge on any atom is -0.497 e. The molecule has 4 heteroatoms. The molecule has 1 heterocycles. The van der Waals surface area contributed by atoms with Crippen LogP contribution in [0.2, 0.25) is 0 Å². The van der Waals surface area contributed by atoms with Gasteiger partial charge in [0.05, 0.1) is 23.6 Å². The summed E-state index contributed by atoms with van der Waals surface area (Å²) in [6.07, 6.45) is 1.68. The van der Waals surface area contributed by atoms with Gasteiger partial charge in [-0.15, -0.1) is 0 Å². The molecular formula is C25H21NO3. The molecule has 0 saturated heterocycles. The number of aromatic nitrogens is 1. The van der Waals surface area contributed by atoms with Crippen LogP contribution in [0.1, 0.15) is 27.0 Å². The third kappa shape index (κ3) is 3.69. The summed E-state index contributed by atoms with van der Waals surface area (Å²) in [5, 5.41) is 0.471. The van der Waals surface area contributed by atoms with E-state index in [9.17, 15) is 9.59 Å². The molecule has 4 nitrogen and oxygen atoms in total. The Kier molecular flexibility index (Phi) is 5.00. The fourth-order valence-electron chi connectivity index (χ4n) is 3.55. The van der Waals surface area contributed by atoms with Crippen molar-refractivity contribution in [2.75, 3.05) is 7.11 Å². The lowest BCUT2D eigenvalue weighted by atomic mass is 10.0. The predicted molar refractivity (Wildman–Crippen MR) is 115 cm³/mol. The molecule has 0 aliphatic heterocycles. The third-order valence-corrected chi connectivity index (χ3v) is 5.00. The highest BCUT2D eigenvalue weighted by atomic mass is 16.5. The van der Waals surface area contributed by atoms with Gasteiger partial charge in [-0.1, -0.05) is 60.2 Å². The van der Waals surface area contributed by atoms with Crippen molar-refractivity contribution < 1.29 is 9.53 Å². The van der Waals surface area contributed by atoms with E-state index in [2.05, 4.69) is 6.07 Å². The minimum absolute atomic E-state index is 0.157. The highest BCUT2D eigenvalue weighted by Crippen LogP contribution is 2.21. The summed E-state index contributed by atoms with van der Waals surface area (Å²) >= 11 is 0. The Labute approximate surface area is 169 Å². The molecule has 0 N–H and O–H groups in total. The Morgan fingerprint density at radius 1 is 0.966 bits per heavy atom. The Morgan fingerprint density at radius 3 is 2.48 bits per heavy atom. The van der Waals surface area contributed by atoms with E-state index < -0.39 is 0 Å². The smallest absolute Gasteiger partial charge is 0.200 e. The molecule has 0 atom stereocenters. The Hall–Kier alpha value is -3.66. The van der Waals surface area contributed by atoms with E-state index in [0.717, 1.165) is 16.6 Å². The summed E-state index contributed by atoms with van der Waals surface area (Å²) in [6, 6.07) is 22.5. The number of rotatable bonds is 5. The SMILES string of the molecule is COc1ccc2c(c1)c(=O)c(C(=O)c1ccccc1)cn2Cc1cccc(C)c1. The van der Waals surface area contributed by atoms with E-state index in [1.807, 2.05) is 47.9 Å². The van der Waals surface area contributed by atoms with Crippen molar-refractivity contribution in [1.82, 2.24) is 4.57 Å². The third-order valence-electron chi connectivity index (χ3n) is 5.00. The van der Waals surface area contributed by atoms with Gasteiger partial charge < -0.3 is 9.30 Å². The van der Waals surface area contributed by atoms with Gasteiger partial charge in [0, 0.05) is 18.3 Å². The Balaban J connectivity index is 1.93. The highest BCUT2D eigenvalue weighted by molar-refractivity contribution is 6.10. The summed E-state index contributed by atoms with van der Waals surface area (Å²) in [5.74, 6) is 0.305. The standard InChI is InChI=1S/C25H21NO3/c1-17-7-6-8-18(13-17)15-26-16-22(24(27)19-9-4-3-5-10-19)25(28)21-14-20(29-2)11-12-23(21)26/h3-14,16H,15H2,1-2H3. The van der Waals surface area contributed by atoms with Crippen molar-refractivity contribution >= 4 is 16.7 Å². The largest absolute Gasteiger partial charge is 0.497 e. The lowest BCUT2D eigenvalue weighted by Crippen LogP contribution is -2.20. The van der Waals surface area contributed by atoms with Crippen LogP contribution in [0.5, 0.6) is 5.75 Å². The van der Waals surface area contributed by atoms with Crippen LogP contribution in [0.3, 0.4) is 0 Å². The number of carbonyl (C=O) groups is 1. The maximum atomic E-state index is 13.2. The number of fused-ring (bicyclic) bond motifs is 1. The van der Waals surface area contributed by atoms with Gasteiger partial charge in [0.2, 0.25) is 5.43 Å². The van der Waals surface area contributed by atoms with Crippen molar-refractivity contribution in [2.45, 2.75) is 13.5 Å². The summed E-state index contributed by atoms with van der Waals surface area (Å²) < 4.78 is 7.26. The molecule has 0 amide bonds. The molecule has 0 bridgehead atoms. The summed E-state index contributed by atoms with van der Waals surface area (Å²) in [6.45, 7) is 2.60. The van der Waals surface area contributed by atoms with Crippen molar-refractivity contribution in [3.63, 3.8) is 0 Å². The van der Waals surface area contributed by atoms with Crippen LogP contribution >= 0.6 is 0 Å². The Bertz CT molecular complexity index is 1260. The van der Waals surface area contributed by atoms with Crippen molar-refractivity contribution in [2.24, 2.45) is 0 Å². The topological polar surface area (TPSA) is 48.3 Å². The maximum Gasteiger partial charge on any atom is 0.200 e. The molecule has 4 rings (SSSR count). The maximum absolute atomic E-state index is 13.2. The number of nitrogens with zero attached hydrogens (tertiary/aromatic N) is 1. The van der Waals surface area contributed by atoms with Crippen LogP contribution in [0.15, 0.2) is 83.8 Å². The van der Waals surface area contributed by atoms with Crippen LogP contribution in [0.4, 0.5) is 0 Å². The molecule has 0 aliphatic carbocycles. The number of hydrogen-bond acceptors (Lipinski definition) is 3. The molecule has 0 aliphatic rings. The number of carbonyl (C=O) groups excluding carboxylic acids is 1. The monoisotopic (exact) mass is 383 g/mol. The van der Waals surface area contributed by atoms with E-state index >= 15 is 0 Å². The van der Waals surface area contributed by atoms with E-state index in [1.54, 1.807) is 43.6 Å². The predicted octanol–water partition coefficient (Wildman–Crippen LogP) is 4.60. The van der Waals surface area contributed by atoms with E-state index in [-0.39, 0.29) is 16.8 Å². The summed E-state index contributed by atoms with van der Waals surface area (Å²) in [4.78, 5) is 26.3. The van der Waals surface area contributed by atoms with Gasteiger partial charge in [-0.2, -0.15) is 0 Å². The van der Waals surface area contributed by atoms with E-state index in [4.69, 9.17) is 4.74 Å². The molecule has 144 valence electrons. The van der Waals surface area contributed by atoms with Crippen molar-refractivity contribution in [1.29, 1.82) is 0 Å². The van der Waals surface area contributed by atoms with Gasteiger partial charge in [0.1, 0.15) is 5.75 Å². The number of ether oxygens (including phenoxy) is 1. The Morgan fingerprint density at radius 2 is 1.76 bits per heavy atom. The first-order valence-corrected chi connectivity index (χ1v) is 9.43. The fourth-order valence-corrected chi connectivity index (χ4v) is 3.55. The lowest BCUT2D eigenvalue weighted by molar-refractivity contribution is 0.103. The van der Waals surface area contributed by atoms with Crippen LogP contribution in [0, 0.1) is 6.92 Å². The number of ketones is 1. The van der Waals surface area contributed by atoms with Gasteiger partial charge in [-0.25, -0.2) is 0 Å². The summed E-state index contributed by atoms with van der Waals surface area (Å²) in [7, 11) is 1.56. The van der Waals surface area contributed by atoms with E-state index in [0.29, 0.717) is 23.2 Å². The second-order valence-corrected chi connectivity index (χ2v) is 7.07. The van der Waals surface area contributed by atoms with Gasteiger partial charge >= 0.3 is 0 Å². The number of hydrogen-bond donors (Lipinski definition) is 0. The van der Waals surface area contributed by atoms with Crippen molar-refractivity contribution in [3.8, 4) is 5.75 Å². The first-order chi connectivity index (χ1) is 14.1. The van der Waals surface area contributed by atoms with Gasteiger partial charge in [-0.3, -0.25) is 9.59 Å². The first kappa shape index (κ1) is 18.7. The van der Waals surface area contributed by atoms with E-state index in [1.165, 1.54) is 0 Å². The molecular weight excluding hydrogens is 362 g/mol. The second-order valence-electron chi connectivity index (χ2n) is 7.07. The van der Waals surface area contributed by atoms with Gasteiger partial charge in [0.15, 0.2) is 5.78 Å². The van der Waals surface area contributed by atoms with Crippen LogP contribution in [-0.2, 0) is 6.54 Å². The molecule has 1 aromatic heterocycles. The lowest BCUT2D eigenvalue weighted by Gasteiger charge is -2.14. The minimum atomic E-state index is -0.284. The average molecular weight is 383 g/mol. The van der Waals surface area contributed by atoms with Gasteiger partial charge in [-0.05, 0) is 30.7 Å². The van der Waals surface area contributed by atoms with Crippen LogP contribution < -0.4 is 10.2 Å². The molecule has 0 radical (unpaired) electrons. The normalized spacial score (nSPS) is 10.8. The zero-order valence-electron chi connectivity index (χ0n) is 16.4. The highest BCUT2D eigenvalue weighted by Gasteiger charge is 2.17. The summed E-state index contributed by atoms with van der Waals surface area (Å²) in [5.41, 5.74) is 3.40. The number of pyridine rings is 1. The molecule has 29 heavy (non-hydrogen) atoms. The van der Waals surface area contributed by atoms with Crippen LogP contribution in [0.25, 0.3) is 10.9 Å². The number of aryl methyl sites for hydroxylation is 1. The average Bonchev–Trinajstić information content (AvgIpc) is 2.75. The zero-order valence-corrected chi connectivity index (χ0v) is 16.4. The molecule has 0 unspecified atom stereocenters. The quantitative estimate of drug-likeness (QED) is 0.473. The first-order valence-electron chi connectivity index (χ1n) is 9.43. The zero-order chi connectivity index (χ0) is 20.4. The molecule has 4 aromatic rings. The molecule has 0 spiro atoms. The molecule has 0 fully saturated rings.